The fourth-order valence-corrected chi connectivity index (χ4v) is 2.04. The first-order valence-electron chi connectivity index (χ1n) is 7.40. The summed E-state index contributed by atoms with van der Waals surface area (Å²) >= 11 is 0. The molecule has 2 aromatic rings. The largest absolute Gasteiger partial charge is 0.489 e. The monoisotopic (exact) mass is 321 g/mol. The van der Waals surface area contributed by atoms with Crippen LogP contribution in [0.1, 0.15) is 18.4 Å². The first kappa shape index (κ1) is 15.5. The maximum Gasteiger partial charge on any atom is 0.387 e. The molecule has 5 nitrogen and oxygen atoms in total. The van der Waals surface area contributed by atoms with Crippen molar-refractivity contribution < 1.29 is 18.3 Å². The number of rotatable bonds is 8. The molecule has 1 aromatic carbocycles. The predicted molar refractivity (Wildman–Crippen MR) is 80.7 cm³/mol. The van der Waals surface area contributed by atoms with Gasteiger partial charge in [0, 0.05) is 36.3 Å². The molecule has 0 saturated heterocycles. The van der Waals surface area contributed by atoms with Gasteiger partial charge in [0.05, 0.1) is 6.61 Å². The molecule has 122 valence electrons. The minimum atomic E-state index is -2.88. The number of nitrogens with zero attached hydrogens (tertiary/aromatic N) is 2. The molecule has 1 heterocycles. The first-order valence-corrected chi connectivity index (χ1v) is 7.40. The number of hydrogen-bond donors (Lipinski definition) is 1. The summed E-state index contributed by atoms with van der Waals surface area (Å²) in [7, 11) is 0. The normalized spacial score (nSPS) is 13.9. The van der Waals surface area contributed by atoms with E-state index < -0.39 is 6.61 Å². The summed E-state index contributed by atoms with van der Waals surface area (Å²) in [5.41, 5.74) is 1.67. The Labute approximate surface area is 132 Å². The highest BCUT2D eigenvalue weighted by atomic mass is 19.3. The smallest absolute Gasteiger partial charge is 0.387 e. The number of aromatic nitrogens is 2. The second-order valence-corrected chi connectivity index (χ2v) is 5.39. The zero-order valence-electron chi connectivity index (χ0n) is 12.4. The Morgan fingerprint density at radius 1 is 1.17 bits per heavy atom. The Balaban J connectivity index is 1.68. The van der Waals surface area contributed by atoms with Crippen LogP contribution in [-0.4, -0.2) is 23.2 Å². The summed E-state index contributed by atoms with van der Waals surface area (Å²) in [5, 5.41) is 3.18. The van der Waals surface area contributed by atoms with Crippen molar-refractivity contribution in [3.63, 3.8) is 0 Å². The van der Waals surface area contributed by atoms with E-state index in [0.29, 0.717) is 24.8 Å². The molecule has 0 bridgehead atoms. The Bertz CT molecular complexity index is 636. The SMILES string of the molecule is FC(F)Oc1ccc(NCc2cncnc2)cc1OCC1CC1. The van der Waals surface area contributed by atoms with Crippen LogP contribution in [0.5, 0.6) is 11.5 Å². The van der Waals surface area contributed by atoms with Gasteiger partial charge in [-0.3, -0.25) is 0 Å². The van der Waals surface area contributed by atoms with E-state index in [-0.39, 0.29) is 5.75 Å². The van der Waals surface area contributed by atoms with Crippen molar-refractivity contribution in [2.75, 3.05) is 11.9 Å². The van der Waals surface area contributed by atoms with Gasteiger partial charge in [0.1, 0.15) is 6.33 Å². The van der Waals surface area contributed by atoms with Crippen LogP contribution in [-0.2, 0) is 6.54 Å². The van der Waals surface area contributed by atoms with E-state index in [1.165, 1.54) is 12.4 Å². The lowest BCUT2D eigenvalue weighted by molar-refractivity contribution is -0.0515. The first-order chi connectivity index (χ1) is 11.2. The summed E-state index contributed by atoms with van der Waals surface area (Å²) in [6, 6.07) is 4.83. The molecule has 1 aromatic heterocycles. The molecule has 1 aliphatic carbocycles. The quantitative estimate of drug-likeness (QED) is 0.807. The maximum absolute atomic E-state index is 12.5. The van der Waals surface area contributed by atoms with Crippen molar-refractivity contribution in [3.05, 3.63) is 42.5 Å². The second-order valence-electron chi connectivity index (χ2n) is 5.39. The highest BCUT2D eigenvalue weighted by Gasteiger charge is 2.23. The third kappa shape index (κ3) is 4.77. The van der Waals surface area contributed by atoms with Crippen molar-refractivity contribution in [3.8, 4) is 11.5 Å². The van der Waals surface area contributed by atoms with Crippen LogP contribution in [0.4, 0.5) is 14.5 Å². The molecule has 0 unspecified atom stereocenters. The Hall–Kier alpha value is -2.44. The van der Waals surface area contributed by atoms with Gasteiger partial charge in [0.2, 0.25) is 0 Å². The van der Waals surface area contributed by atoms with E-state index in [4.69, 9.17) is 4.74 Å². The van der Waals surface area contributed by atoms with Crippen LogP contribution in [0.3, 0.4) is 0 Å². The summed E-state index contributed by atoms with van der Waals surface area (Å²) in [6.45, 7) is -1.83. The number of nitrogens with one attached hydrogen (secondary N) is 1. The van der Waals surface area contributed by atoms with Gasteiger partial charge in [0.15, 0.2) is 11.5 Å². The van der Waals surface area contributed by atoms with Crippen molar-refractivity contribution >= 4 is 5.69 Å². The standard InChI is InChI=1S/C16H17F2N3O2/c17-16(18)23-14-4-3-13(5-15(14)22-9-11-1-2-11)21-8-12-6-19-10-20-7-12/h3-7,10-11,16,21H,1-2,8-9H2. The van der Waals surface area contributed by atoms with E-state index in [1.54, 1.807) is 24.5 Å². The molecule has 1 N–H and O–H groups in total. The highest BCUT2D eigenvalue weighted by molar-refractivity contribution is 5.55. The molecule has 1 aliphatic rings. The minimum Gasteiger partial charge on any atom is -0.489 e. The van der Waals surface area contributed by atoms with Crippen LogP contribution in [0.15, 0.2) is 36.9 Å². The fraction of sp³-hybridized carbons (Fsp3) is 0.375. The maximum atomic E-state index is 12.5. The highest BCUT2D eigenvalue weighted by Crippen LogP contribution is 2.35. The van der Waals surface area contributed by atoms with Gasteiger partial charge in [-0.15, -0.1) is 0 Å². The molecule has 23 heavy (non-hydrogen) atoms. The number of anilines is 1. The molecule has 0 amide bonds. The third-order valence-electron chi connectivity index (χ3n) is 3.44. The molecule has 0 aliphatic heterocycles. The molecule has 0 atom stereocenters. The zero-order valence-corrected chi connectivity index (χ0v) is 12.4. The average Bonchev–Trinajstić information content (AvgIpc) is 3.37. The average molecular weight is 321 g/mol. The zero-order chi connectivity index (χ0) is 16.1. The molecule has 0 radical (unpaired) electrons. The van der Waals surface area contributed by atoms with Gasteiger partial charge >= 0.3 is 6.61 Å². The van der Waals surface area contributed by atoms with E-state index in [1.807, 2.05) is 0 Å². The van der Waals surface area contributed by atoms with Gasteiger partial charge in [-0.1, -0.05) is 0 Å². The molecular weight excluding hydrogens is 304 g/mol. The van der Waals surface area contributed by atoms with Gasteiger partial charge in [-0.25, -0.2) is 9.97 Å². The van der Waals surface area contributed by atoms with E-state index in [9.17, 15) is 8.78 Å². The number of hydrogen-bond acceptors (Lipinski definition) is 5. The van der Waals surface area contributed by atoms with E-state index in [0.717, 1.165) is 24.1 Å². The lowest BCUT2D eigenvalue weighted by atomic mass is 10.2. The Morgan fingerprint density at radius 2 is 1.96 bits per heavy atom. The Kier molecular flexibility index (Phi) is 4.85. The van der Waals surface area contributed by atoms with Crippen molar-refractivity contribution in [2.45, 2.75) is 26.0 Å². The van der Waals surface area contributed by atoms with Crippen molar-refractivity contribution in [1.82, 2.24) is 9.97 Å². The summed E-state index contributed by atoms with van der Waals surface area (Å²) in [6.07, 6.45) is 7.12. The topological polar surface area (TPSA) is 56.3 Å². The molecule has 7 heteroatoms. The van der Waals surface area contributed by atoms with Gasteiger partial charge < -0.3 is 14.8 Å². The summed E-state index contributed by atoms with van der Waals surface area (Å²) < 4.78 is 35.1. The Morgan fingerprint density at radius 3 is 2.65 bits per heavy atom. The van der Waals surface area contributed by atoms with Crippen molar-refractivity contribution in [2.24, 2.45) is 5.92 Å². The molecular formula is C16H17F2N3O2. The fourth-order valence-electron chi connectivity index (χ4n) is 2.04. The second kappa shape index (κ2) is 7.21. The lowest BCUT2D eigenvalue weighted by Crippen LogP contribution is -2.07. The number of benzene rings is 1. The lowest BCUT2D eigenvalue weighted by Gasteiger charge is -2.14. The third-order valence-corrected chi connectivity index (χ3v) is 3.44. The molecule has 3 rings (SSSR count). The van der Waals surface area contributed by atoms with Gasteiger partial charge in [-0.05, 0) is 30.9 Å². The summed E-state index contributed by atoms with van der Waals surface area (Å²) in [5.74, 6) is 0.897. The van der Waals surface area contributed by atoms with E-state index >= 15 is 0 Å². The number of alkyl halides is 2. The van der Waals surface area contributed by atoms with Crippen molar-refractivity contribution in [1.29, 1.82) is 0 Å². The van der Waals surface area contributed by atoms with Crippen LogP contribution < -0.4 is 14.8 Å². The number of halogens is 2. The minimum absolute atomic E-state index is 0.0502. The van der Waals surface area contributed by atoms with Crippen LogP contribution in [0.2, 0.25) is 0 Å². The molecule has 1 fully saturated rings. The van der Waals surface area contributed by atoms with Crippen LogP contribution in [0, 0.1) is 5.92 Å². The molecule has 0 spiro atoms. The van der Waals surface area contributed by atoms with Gasteiger partial charge in [0.25, 0.3) is 0 Å². The van der Waals surface area contributed by atoms with Crippen LogP contribution in [0.25, 0.3) is 0 Å². The molecule has 1 saturated carbocycles. The van der Waals surface area contributed by atoms with E-state index in [2.05, 4.69) is 20.0 Å². The predicted octanol–water partition coefficient (Wildman–Crippen LogP) is 3.48. The van der Waals surface area contributed by atoms with Gasteiger partial charge in [-0.2, -0.15) is 8.78 Å². The number of ether oxygens (including phenoxy) is 2. The van der Waals surface area contributed by atoms with Crippen LogP contribution >= 0.6 is 0 Å². The summed E-state index contributed by atoms with van der Waals surface area (Å²) in [4.78, 5) is 7.88.